The van der Waals surface area contributed by atoms with Crippen LogP contribution in [0.25, 0.3) is 10.9 Å². The van der Waals surface area contributed by atoms with Gasteiger partial charge in [-0.2, -0.15) is 0 Å². The summed E-state index contributed by atoms with van der Waals surface area (Å²) in [5.41, 5.74) is 1.27. The van der Waals surface area contributed by atoms with E-state index in [-0.39, 0.29) is 0 Å². The van der Waals surface area contributed by atoms with Gasteiger partial charge in [0.1, 0.15) is 0 Å². The van der Waals surface area contributed by atoms with Crippen molar-refractivity contribution in [2.75, 3.05) is 0 Å². The summed E-state index contributed by atoms with van der Waals surface area (Å²) in [6.07, 6.45) is 6.37. The van der Waals surface area contributed by atoms with Gasteiger partial charge in [0, 0.05) is 23.3 Å². The third-order valence-electron chi connectivity index (χ3n) is 3.42. The Morgan fingerprint density at radius 3 is 2.87 bits per heavy atom. The van der Waals surface area contributed by atoms with Crippen LogP contribution in [0.5, 0.6) is 0 Å². The van der Waals surface area contributed by atoms with Gasteiger partial charge < -0.3 is 4.57 Å². The topological polar surface area (TPSA) is 4.93 Å². The third-order valence-corrected chi connectivity index (χ3v) is 3.65. The summed E-state index contributed by atoms with van der Waals surface area (Å²) in [7, 11) is 0. The molecule has 0 saturated heterocycles. The van der Waals surface area contributed by atoms with E-state index in [4.69, 9.17) is 11.6 Å². The number of rotatable bonds is 2. The highest BCUT2D eigenvalue weighted by Gasteiger charge is 2.18. The number of benzene rings is 1. The van der Waals surface area contributed by atoms with Crippen LogP contribution in [0.1, 0.15) is 19.3 Å². The van der Waals surface area contributed by atoms with Gasteiger partial charge >= 0.3 is 0 Å². The molecule has 78 valence electrons. The summed E-state index contributed by atoms with van der Waals surface area (Å²) < 4.78 is 2.34. The van der Waals surface area contributed by atoms with Crippen LogP contribution in [0.4, 0.5) is 0 Å². The predicted molar refractivity (Wildman–Crippen MR) is 64.3 cm³/mol. The Bertz CT molecular complexity index is 482. The Kier molecular flexibility index (Phi) is 2.21. The molecule has 1 aromatic heterocycles. The predicted octanol–water partition coefficient (Wildman–Crippen LogP) is 4.09. The first-order valence-corrected chi connectivity index (χ1v) is 5.95. The van der Waals surface area contributed by atoms with E-state index in [1.54, 1.807) is 0 Å². The van der Waals surface area contributed by atoms with Gasteiger partial charge in [-0.1, -0.05) is 24.1 Å². The molecule has 1 aromatic carbocycles. The van der Waals surface area contributed by atoms with Crippen molar-refractivity contribution in [2.45, 2.75) is 25.8 Å². The molecular formula is C13H14ClN. The maximum absolute atomic E-state index is 6.02. The fraction of sp³-hybridized carbons (Fsp3) is 0.385. The van der Waals surface area contributed by atoms with E-state index in [0.717, 1.165) is 17.5 Å². The van der Waals surface area contributed by atoms with Gasteiger partial charge in [0.25, 0.3) is 0 Å². The standard InChI is InChI=1S/C13H14ClN/c14-12-5-4-11-6-7-15(13(11)8-12)9-10-2-1-3-10/h4-8,10H,1-3,9H2. The van der Waals surface area contributed by atoms with Gasteiger partial charge in [0.05, 0.1) is 0 Å². The maximum Gasteiger partial charge on any atom is 0.0495 e. The number of aromatic nitrogens is 1. The zero-order valence-corrected chi connectivity index (χ0v) is 9.37. The van der Waals surface area contributed by atoms with E-state index in [9.17, 15) is 0 Å². The number of hydrogen-bond acceptors (Lipinski definition) is 0. The Labute approximate surface area is 94.7 Å². The van der Waals surface area contributed by atoms with Crippen molar-refractivity contribution in [1.82, 2.24) is 4.57 Å². The molecule has 3 rings (SSSR count). The van der Waals surface area contributed by atoms with Crippen molar-refractivity contribution in [3.63, 3.8) is 0 Å². The molecule has 0 amide bonds. The Hall–Kier alpha value is -0.950. The minimum Gasteiger partial charge on any atom is -0.347 e. The van der Waals surface area contributed by atoms with E-state index in [2.05, 4.69) is 29.0 Å². The average Bonchev–Trinajstić information content (AvgIpc) is 2.54. The van der Waals surface area contributed by atoms with Crippen molar-refractivity contribution in [1.29, 1.82) is 0 Å². The van der Waals surface area contributed by atoms with E-state index in [1.807, 2.05) is 6.07 Å². The van der Waals surface area contributed by atoms with Crippen LogP contribution in [-0.4, -0.2) is 4.57 Å². The third kappa shape index (κ3) is 1.65. The molecule has 0 aliphatic heterocycles. The molecule has 0 atom stereocenters. The number of fused-ring (bicyclic) bond motifs is 1. The van der Waals surface area contributed by atoms with Gasteiger partial charge in [0.15, 0.2) is 0 Å². The molecule has 1 aliphatic carbocycles. The molecule has 1 saturated carbocycles. The van der Waals surface area contributed by atoms with Crippen molar-refractivity contribution in [3.8, 4) is 0 Å². The first kappa shape index (κ1) is 9.29. The number of halogens is 1. The van der Waals surface area contributed by atoms with Crippen molar-refractivity contribution in [2.24, 2.45) is 5.92 Å². The van der Waals surface area contributed by atoms with Crippen LogP contribution in [0.3, 0.4) is 0 Å². The summed E-state index contributed by atoms with van der Waals surface area (Å²) in [4.78, 5) is 0. The van der Waals surface area contributed by atoms with Crippen molar-refractivity contribution in [3.05, 3.63) is 35.5 Å². The average molecular weight is 220 g/mol. The second kappa shape index (κ2) is 3.57. The summed E-state index contributed by atoms with van der Waals surface area (Å²) in [5, 5.41) is 2.12. The highest BCUT2D eigenvalue weighted by atomic mass is 35.5. The minimum atomic E-state index is 0.830. The molecule has 0 spiro atoms. The summed E-state index contributed by atoms with van der Waals surface area (Å²) >= 11 is 6.02. The van der Waals surface area contributed by atoms with Crippen LogP contribution in [0, 0.1) is 5.92 Å². The summed E-state index contributed by atoms with van der Waals surface area (Å²) in [6, 6.07) is 8.28. The Balaban J connectivity index is 1.98. The Morgan fingerprint density at radius 1 is 1.27 bits per heavy atom. The second-order valence-corrected chi connectivity index (χ2v) is 4.90. The summed E-state index contributed by atoms with van der Waals surface area (Å²) in [5.74, 6) is 0.889. The molecule has 0 radical (unpaired) electrons. The van der Waals surface area contributed by atoms with Crippen LogP contribution in [0.2, 0.25) is 5.02 Å². The van der Waals surface area contributed by atoms with Crippen LogP contribution < -0.4 is 0 Å². The summed E-state index contributed by atoms with van der Waals surface area (Å²) in [6.45, 7) is 1.16. The smallest absolute Gasteiger partial charge is 0.0495 e. The second-order valence-electron chi connectivity index (χ2n) is 4.47. The molecule has 15 heavy (non-hydrogen) atoms. The zero-order valence-electron chi connectivity index (χ0n) is 8.62. The number of hydrogen-bond donors (Lipinski definition) is 0. The normalized spacial score (nSPS) is 16.9. The highest BCUT2D eigenvalue weighted by Crippen LogP contribution is 2.30. The van der Waals surface area contributed by atoms with Gasteiger partial charge in [-0.05, 0) is 42.3 Å². The Morgan fingerprint density at radius 2 is 2.13 bits per heavy atom. The molecule has 0 bridgehead atoms. The van der Waals surface area contributed by atoms with E-state index in [0.29, 0.717) is 0 Å². The molecule has 1 nitrogen and oxygen atoms in total. The molecule has 0 unspecified atom stereocenters. The quantitative estimate of drug-likeness (QED) is 0.717. The minimum absolute atomic E-state index is 0.830. The highest BCUT2D eigenvalue weighted by molar-refractivity contribution is 6.31. The monoisotopic (exact) mass is 219 g/mol. The van der Waals surface area contributed by atoms with E-state index < -0.39 is 0 Å². The zero-order chi connectivity index (χ0) is 10.3. The van der Waals surface area contributed by atoms with E-state index >= 15 is 0 Å². The molecule has 2 heteroatoms. The van der Waals surface area contributed by atoms with Gasteiger partial charge in [-0.3, -0.25) is 0 Å². The first-order valence-electron chi connectivity index (χ1n) is 5.57. The molecule has 1 fully saturated rings. The van der Waals surface area contributed by atoms with E-state index in [1.165, 1.54) is 30.2 Å². The van der Waals surface area contributed by atoms with Crippen LogP contribution in [0.15, 0.2) is 30.5 Å². The van der Waals surface area contributed by atoms with Gasteiger partial charge in [-0.25, -0.2) is 0 Å². The van der Waals surface area contributed by atoms with Crippen molar-refractivity contribution >= 4 is 22.5 Å². The molecule has 1 heterocycles. The van der Waals surface area contributed by atoms with Gasteiger partial charge in [-0.15, -0.1) is 0 Å². The van der Waals surface area contributed by atoms with Crippen molar-refractivity contribution < 1.29 is 0 Å². The first-order chi connectivity index (χ1) is 7.33. The fourth-order valence-electron chi connectivity index (χ4n) is 2.27. The SMILES string of the molecule is Clc1ccc2ccn(CC3CCC3)c2c1. The lowest BCUT2D eigenvalue weighted by molar-refractivity contribution is 0.280. The number of nitrogens with zero attached hydrogens (tertiary/aromatic N) is 1. The molecule has 0 N–H and O–H groups in total. The molecule has 2 aromatic rings. The van der Waals surface area contributed by atoms with Crippen LogP contribution >= 0.6 is 11.6 Å². The lowest BCUT2D eigenvalue weighted by Gasteiger charge is -2.26. The lowest BCUT2D eigenvalue weighted by atomic mass is 9.85. The van der Waals surface area contributed by atoms with Crippen LogP contribution in [-0.2, 0) is 6.54 Å². The molecular weight excluding hydrogens is 206 g/mol. The lowest BCUT2D eigenvalue weighted by Crippen LogP contribution is -2.17. The maximum atomic E-state index is 6.02. The molecule has 1 aliphatic rings. The van der Waals surface area contributed by atoms with Gasteiger partial charge in [0.2, 0.25) is 0 Å². The fourth-order valence-corrected chi connectivity index (χ4v) is 2.44. The largest absolute Gasteiger partial charge is 0.347 e.